The van der Waals surface area contributed by atoms with E-state index in [2.05, 4.69) is 29.6 Å². The Bertz CT molecular complexity index is 1040. The molecule has 1 aliphatic heterocycles. The molecule has 3 atom stereocenters. The highest BCUT2D eigenvalue weighted by atomic mass is 32.2. The van der Waals surface area contributed by atoms with Crippen LogP contribution in [0, 0.1) is 5.92 Å². The number of hydrogen-bond donors (Lipinski definition) is 2. The zero-order chi connectivity index (χ0) is 22.9. The summed E-state index contributed by atoms with van der Waals surface area (Å²) < 4.78 is 5.64. The van der Waals surface area contributed by atoms with Crippen molar-refractivity contribution in [1.29, 1.82) is 0 Å². The maximum atomic E-state index is 13.1. The van der Waals surface area contributed by atoms with E-state index in [-0.39, 0.29) is 24.5 Å². The number of carbonyl (C=O) groups is 3. The molecule has 2 N–H and O–H groups in total. The second-order valence-electron chi connectivity index (χ2n) is 8.78. The smallest absolute Gasteiger partial charge is 0.407 e. The molecule has 2 fully saturated rings. The van der Waals surface area contributed by atoms with E-state index in [0.717, 1.165) is 17.5 Å². The molecule has 8 heteroatoms. The van der Waals surface area contributed by atoms with E-state index in [1.54, 1.807) is 0 Å². The van der Waals surface area contributed by atoms with Gasteiger partial charge in [0.15, 0.2) is 0 Å². The van der Waals surface area contributed by atoms with E-state index < -0.39 is 24.0 Å². The number of carboxylic acid groups (broad SMARTS) is 1. The third-order valence-electron chi connectivity index (χ3n) is 6.93. The number of nitrogens with zero attached hydrogens (tertiary/aromatic N) is 1. The van der Waals surface area contributed by atoms with Crippen molar-refractivity contribution in [2.24, 2.45) is 5.92 Å². The minimum atomic E-state index is -0.979. The van der Waals surface area contributed by atoms with Gasteiger partial charge in [-0.2, -0.15) is 0 Å². The Morgan fingerprint density at radius 3 is 2.36 bits per heavy atom. The number of benzene rings is 2. The largest absolute Gasteiger partial charge is 0.480 e. The number of aliphatic carboxylic acids is 1. The van der Waals surface area contributed by atoms with Gasteiger partial charge in [0.05, 0.1) is 11.8 Å². The molecule has 7 nitrogen and oxygen atoms in total. The molecule has 172 valence electrons. The molecule has 2 aromatic rings. The van der Waals surface area contributed by atoms with Crippen LogP contribution in [0.25, 0.3) is 11.1 Å². The van der Waals surface area contributed by atoms with Gasteiger partial charge in [-0.25, -0.2) is 9.59 Å². The first-order valence-electron chi connectivity index (χ1n) is 11.3. The van der Waals surface area contributed by atoms with Crippen LogP contribution < -0.4 is 5.32 Å². The Morgan fingerprint density at radius 2 is 1.70 bits per heavy atom. The summed E-state index contributed by atoms with van der Waals surface area (Å²) in [6.45, 7) is 0.217. The van der Waals surface area contributed by atoms with Gasteiger partial charge in [-0.3, -0.25) is 4.79 Å². The zero-order valence-corrected chi connectivity index (χ0v) is 18.9. The van der Waals surface area contributed by atoms with Crippen molar-refractivity contribution in [2.45, 2.75) is 37.3 Å². The van der Waals surface area contributed by atoms with E-state index in [1.807, 2.05) is 24.3 Å². The van der Waals surface area contributed by atoms with E-state index in [9.17, 15) is 19.5 Å². The number of fused-ring (bicyclic) bond motifs is 3. The fourth-order valence-electron chi connectivity index (χ4n) is 5.30. The van der Waals surface area contributed by atoms with Gasteiger partial charge in [0.2, 0.25) is 5.91 Å². The van der Waals surface area contributed by atoms with Gasteiger partial charge in [-0.1, -0.05) is 55.0 Å². The number of alkyl carbamates (subject to hydrolysis) is 1. The Morgan fingerprint density at radius 1 is 1.03 bits per heavy atom. The standard InChI is InChI=1S/C25H26N2O5S/c28-23(27-14-33-13-22(27)24(29)30)19-10-5-11-21(19)26-25(31)32-12-20-17-8-3-1-6-15(17)16-7-2-4-9-18(16)20/h1-4,6-9,19-22H,5,10-14H2,(H,26,31)(H,29,30). The average molecular weight is 467 g/mol. The van der Waals surface area contributed by atoms with E-state index in [0.29, 0.717) is 24.5 Å². The monoisotopic (exact) mass is 466 g/mol. The molecule has 0 aromatic heterocycles. The lowest BCUT2D eigenvalue weighted by atomic mass is 9.98. The van der Waals surface area contributed by atoms with Crippen molar-refractivity contribution in [3.63, 3.8) is 0 Å². The molecule has 1 saturated carbocycles. The first-order chi connectivity index (χ1) is 16.0. The molecule has 33 heavy (non-hydrogen) atoms. The summed E-state index contributed by atoms with van der Waals surface area (Å²) in [5.74, 6) is -0.822. The number of carboxylic acids is 1. The summed E-state index contributed by atoms with van der Waals surface area (Å²) in [5.41, 5.74) is 4.62. The number of amides is 2. The van der Waals surface area contributed by atoms with Gasteiger partial charge in [0.25, 0.3) is 0 Å². The fraction of sp³-hybridized carbons (Fsp3) is 0.400. The topological polar surface area (TPSA) is 95.9 Å². The minimum absolute atomic E-state index is 0.0258. The van der Waals surface area contributed by atoms with Crippen LogP contribution in [0.2, 0.25) is 0 Å². The van der Waals surface area contributed by atoms with Crippen molar-refractivity contribution in [2.75, 3.05) is 18.2 Å². The number of thioether (sulfide) groups is 1. The first kappa shape index (κ1) is 21.8. The zero-order valence-electron chi connectivity index (χ0n) is 18.1. The number of ether oxygens (including phenoxy) is 1. The van der Waals surface area contributed by atoms with Crippen LogP contribution in [0.4, 0.5) is 4.79 Å². The maximum Gasteiger partial charge on any atom is 0.407 e. The van der Waals surface area contributed by atoms with Crippen LogP contribution in [0.5, 0.6) is 0 Å². The van der Waals surface area contributed by atoms with Crippen molar-refractivity contribution >= 4 is 29.7 Å². The molecule has 1 heterocycles. The summed E-state index contributed by atoms with van der Waals surface area (Å²) in [6, 6.07) is 15.2. The summed E-state index contributed by atoms with van der Waals surface area (Å²) in [5, 5.41) is 12.3. The number of nitrogens with one attached hydrogen (secondary N) is 1. The average Bonchev–Trinajstić information content (AvgIpc) is 3.55. The Kier molecular flexibility index (Phi) is 6.01. The van der Waals surface area contributed by atoms with E-state index >= 15 is 0 Å². The van der Waals surface area contributed by atoms with E-state index in [4.69, 9.17) is 4.74 Å². The van der Waals surface area contributed by atoms with Crippen LogP contribution in [0.1, 0.15) is 36.3 Å². The molecule has 3 unspecified atom stereocenters. The SMILES string of the molecule is O=C(NC1CCCC1C(=O)N1CSCC1C(=O)O)OCC1c2ccccc2-c2ccccc21. The highest BCUT2D eigenvalue weighted by molar-refractivity contribution is 7.99. The Balaban J connectivity index is 1.23. The summed E-state index contributed by atoms with van der Waals surface area (Å²) in [6.07, 6.45) is 1.59. The minimum Gasteiger partial charge on any atom is -0.480 e. The predicted octanol–water partition coefficient (Wildman–Crippen LogP) is 3.68. The third kappa shape index (κ3) is 4.08. The van der Waals surface area contributed by atoms with Crippen LogP contribution in [-0.2, 0) is 14.3 Å². The molecule has 0 spiro atoms. The maximum absolute atomic E-state index is 13.1. The molecular weight excluding hydrogens is 440 g/mol. The van der Waals surface area contributed by atoms with Crippen molar-refractivity contribution in [3.05, 3.63) is 59.7 Å². The van der Waals surface area contributed by atoms with Gasteiger partial charge >= 0.3 is 12.1 Å². The quantitative estimate of drug-likeness (QED) is 0.698. The Labute approximate surface area is 196 Å². The van der Waals surface area contributed by atoms with Crippen molar-refractivity contribution in [1.82, 2.24) is 10.2 Å². The number of hydrogen-bond acceptors (Lipinski definition) is 5. The molecule has 2 amide bonds. The molecular formula is C25H26N2O5S. The molecule has 0 radical (unpaired) electrons. The van der Waals surface area contributed by atoms with Gasteiger partial charge in [0, 0.05) is 17.7 Å². The molecule has 3 aliphatic rings. The van der Waals surface area contributed by atoms with Crippen molar-refractivity contribution in [3.8, 4) is 11.1 Å². The molecule has 1 saturated heterocycles. The molecule has 2 aliphatic carbocycles. The predicted molar refractivity (Wildman–Crippen MR) is 125 cm³/mol. The summed E-state index contributed by atoms with van der Waals surface area (Å²) >= 11 is 1.44. The summed E-state index contributed by atoms with van der Waals surface area (Å²) in [4.78, 5) is 38.7. The van der Waals surface area contributed by atoms with Gasteiger partial charge < -0.3 is 20.1 Å². The second kappa shape index (κ2) is 9.09. The highest BCUT2D eigenvalue weighted by Gasteiger charge is 2.42. The molecule has 0 bridgehead atoms. The number of carbonyl (C=O) groups excluding carboxylic acids is 2. The fourth-order valence-corrected chi connectivity index (χ4v) is 6.45. The van der Waals surface area contributed by atoms with Gasteiger partial charge in [-0.05, 0) is 35.1 Å². The van der Waals surface area contributed by atoms with Gasteiger partial charge in [0.1, 0.15) is 12.6 Å². The lowest BCUT2D eigenvalue weighted by Gasteiger charge is -2.27. The Hall–Kier alpha value is -3.00. The lowest BCUT2D eigenvalue weighted by Crippen LogP contribution is -2.49. The molecule has 5 rings (SSSR count). The summed E-state index contributed by atoms with van der Waals surface area (Å²) in [7, 11) is 0. The first-order valence-corrected chi connectivity index (χ1v) is 12.4. The third-order valence-corrected chi connectivity index (χ3v) is 7.94. The highest BCUT2D eigenvalue weighted by Crippen LogP contribution is 2.44. The van der Waals surface area contributed by atoms with Crippen molar-refractivity contribution < 1.29 is 24.2 Å². The van der Waals surface area contributed by atoms with Crippen LogP contribution in [-0.4, -0.2) is 58.3 Å². The lowest BCUT2D eigenvalue weighted by molar-refractivity contribution is -0.149. The molecule has 2 aromatic carbocycles. The number of rotatable bonds is 5. The van der Waals surface area contributed by atoms with E-state index in [1.165, 1.54) is 27.8 Å². The normalized spacial score (nSPS) is 23.8. The second-order valence-corrected chi connectivity index (χ2v) is 9.78. The van der Waals surface area contributed by atoms with Crippen LogP contribution in [0.15, 0.2) is 48.5 Å². The van der Waals surface area contributed by atoms with Gasteiger partial charge in [-0.15, -0.1) is 11.8 Å². The van der Waals surface area contributed by atoms with Crippen LogP contribution >= 0.6 is 11.8 Å². The van der Waals surface area contributed by atoms with Crippen LogP contribution in [0.3, 0.4) is 0 Å².